The predicted octanol–water partition coefficient (Wildman–Crippen LogP) is 4.89. The molecule has 0 aliphatic heterocycles. The van der Waals surface area contributed by atoms with Crippen LogP contribution in [-0.2, 0) is 4.74 Å². The van der Waals surface area contributed by atoms with Crippen molar-refractivity contribution in [3.8, 4) is 5.75 Å². The highest BCUT2D eigenvalue weighted by molar-refractivity contribution is 5.84. The van der Waals surface area contributed by atoms with E-state index in [0.29, 0.717) is 36.5 Å². The molecule has 6 nitrogen and oxygen atoms in total. The number of aromatic nitrogens is 2. The molecule has 2 aromatic heterocycles. The second-order valence-electron chi connectivity index (χ2n) is 7.95. The fourth-order valence-corrected chi connectivity index (χ4v) is 3.09. The first-order valence-corrected chi connectivity index (χ1v) is 9.10. The number of pyridine rings is 1. The number of carbonyl (C=O) groups is 1. The van der Waals surface area contributed by atoms with Gasteiger partial charge in [0.1, 0.15) is 22.7 Å². The van der Waals surface area contributed by atoms with E-state index >= 15 is 0 Å². The SMILES string of the molecule is CC(C)(C)OC(=O)Nc1ccc(OCC2CCC(F)(F)CC2)c2ccnn12. The van der Waals surface area contributed by atoms with Gasteiger partial charge in [-0.25, -0.2) is 18.1 Å². The monoisotopic (exact) mass is 381 g/mol. The number of carbonyl (C=O) groups excluding carboxylic acids is 1. The smallest absolute Gasteiger partial charge is 0.413 e. The van der Waals surface area contributed by atoms with Gasteiger partial charge < -0.3 is 9.47 Å². The molecule has 0 radical (unpaired) electrons. The maximum absolute atomic E-state index is 13.3. The minimum Gasteiger partial charge on any atom is -0.491 e. The summed E-state index contributed by atoms with van der Waals surface area (Å²) < 4.78 is 39.2. The van der Waals surface area contributed by atoms with E-state index in [1.54, 1.807) is 49.7 Å². The first kappa shape index (κ1) is 19.4. The fraction of sp³-hybridized carbons (Fsp3) is 0.579. The Balaban J connectivity index is 1.66. The van der Waals surface area contributed by atoms with E-state index in [2.05, 4.69) is 10.4 Å². The fourth-order valence-electron chi connectivity index (χ4n) is 3.09. The molecule has 8 heteroatoms. The Hall–Kier alpha value is -2.38. The van der Waals surface area contributed by atoms with Crippen LogP contribution in [0.2, 0.25) is 0 Å². The van der Waals surface area contributed by atoms with Gasteiger partial charge in [-0.15, -0.1) is 0 Å². The Bertz CT molecular complexity index is 804. The molecule has 0 bridgehead atoms. The Morgan fingerprint density at radius 2 is 2.00 bits per heavy atom. The predicted molar refractivity (Wildman–Crippen MR) is 97.4 cm³/mol. The first-order chi connectivity index (χ1) is 12.6. The summed E-state index contributed by atoms with van der Waals surface area (Å²) in [6, 6.07) is 5.18. The molecule has 0 atom stereocenters. The molecule has 0 saturated heterocycles. The van der Waals surface area contributed by atoms with E-state index < -0.39 is 17.6 Å². The van der Waals surface area contributed by atoms with Crippen molar-refractivity contribution in [1.29, 1.82) is 0 Å². The maximum Gasteiger partial charge on any atom is 0.413 e. The van der Waals surface area contributed by atoms with Crippen molar-refractivity contribution in [2.24, 2.45) is 5.92 Å². The molecule has 2 heterocycles. The number of fused-ring (bicyclic) bond motifs is 1. The minimum atomic E-state index is -2.54. The number of halogens is 2. The number of nitrogens with zero attached hydrogens (tertiary/aromatic N) is 2. The molecule has 1 fully saturated rings. The molecule has 1 aliphatic rings. The Morgan fingerprint density at radius 3 is 2.67 bits per heavy atom. The van der Waals surface area contributed by atoms with Crippen LogP contribution in [0.1, 0.15) is 46.5 Å². The minimum absolute atomic E-state index is 0.0815. The average Bonchev–Trinajstić information content (AvgIpc) is 3.03. The van der Waals surface area contributed by atoms with E-state index in [4.69, 9.17) is 9.47 Å². The summed E-state index contributed by atoms with van der Waals surface area (Å²) in [5.74, 6) is -1.37. The highest BCUT2D eigenvalue weighted by Crippen LogP contribution is 2.36. The summed E-state index contributed by atoms with van der Waals surface area (Å²) in [7, 11) is 0. The third-order valence-electron chi connectivity index (χ3n) is 4.46. The van der Waals surface area contributed by atoms with Gasteiger partial charge in [-0.2, -0.15) is 5.10 Å². The number of alkyl halides is 2. The topological polar surface area (TPSA) is 64.9 Å². The van der Waals surface area contributed by atoms with Gasteiger partial charge in [0.2, 0.25) is 5.92 Å². The molecule has 0 unspecified atom stereocenters. The normalized spacial score (nSPS) is 17.7. The second kappa shape index (κ2) is 7.32. The van der Waals surface area contributed by atoms with E-state index in [9.17, 15) is 13.6 Å². The van der Waals surface area contributed by atoms with E-state index in [1.165, 1.54) is 0 Å². The van der Waals surface area contributed by atoms with Crippen molar-refractivity contribution >= 4 is 17.4 Å². The maximum atomic E-state index is 13.3. The standard InChI is InChI=1S/C19H25F2N3O3/c1-18(2,3)27-17(25)23-16-5-4-15(14-8-11-22-24(14)16)26-12-13-6-9-19(20,21)10-7-13/h4-5,8,11,13H,6-7,9-10,12H2,1-3H3,(H,23,25). The Labute approximate surface area is 156 Å². The Kier molecular flexibility index (Phi) is 5.26. The molecular formula is C19H25F2N3O3. The number of ether oxygens (including phenoxy) is 2. The van der Waals surface area contributed by atoms with Crippen LogP contribution in [0.4, 0.5) is 19.4 Å². The number of amides is 1. The first-order valence-electron chi connectivity index (χ1n) is 9.10. The van der Waals surface area contributed by atoms with Crippen LogP contribution in [-0.4, -0.2) is 33.8 Å². The molecular weight excluding hydrogens is 356 g/mol. The van der Waals surface area contributed by atoms with E-state index in [-0.39, 0.29) is 18.8 Å². The molecule has 1 amide bonds. The van der Waals surface area contributed by atoms with Gasteiger partial charge >= 0.3 is 6.09 Å². The van der Waals surface area contributed by atoms with Gasteiger partial charge in [0.25, 0.3) is 0 Å². The van der Waals surface area contributed by atoms with Crippen molar-refractivity contribution < 1.29 is 23.0 Å². The van der Waals surface area contributed by atoms with Gasteiger partial charge in [0, 0.05) is 12.8 Å². The summed E-state index contributed by atoms with van der Waals surface area (Å²) in [6.07, 6.45) is 1.78. The van der Waals surface area contributed by atoms with Crippen molar-refractivity contribution in [1.82, 2.24) is 9.61 Å². The highest BCUT2D eigenvalue weighted by atomic mass is 19.3. The number of hydrogen-bond acceptors (Lipinski definition) is 4. The lowest BCUT2D eigenvalue weighted by molar-refractivity contribution is -0.0498. The van der Waals surface area contributed by atoms with Crippen molar-refractivity contribution in [2.45, 2.75) is 58.0 Å². The molecule has 2 aromatic rings. The lowest BCUT2D eigenvalue weighted by Crippen LogP contribution is -2.28. The van der Waals surface area contributed by atoms with E-state index in [0.717, 1.165) is 0 Å². The van der Waals surface area contributed by atoms with Crippen molar-refractivity contribution in [2.75, 3.05) is 11.9 Å². The number of hydrogen-bond donors (Lipinski definition) is 1. The van der Waals surface area contributed by atoms with Gasteiger partial charge in [-0.3, -0.25) is 5.32 Å². The molecule has 1 N–H and O–H groups in total. The zero-order valence-electron chi connectivity index (χ0n) is 15.8. The number of nitrogens with one attached hydrogen (secondary N) is 1. The quantitative estimate of drug-likeness (QED) is 0.819. The zero-order valence-corrected chi connectivity index (χ0v) is 15.8. The van der Waals surface area contributed by atoms with Crippen molar-refractivity contribution in [3.05, 3.63) is 24.4 Å². The molecule has 0 spiro atoms. The van der Waals surface area contributed by atoms with Crippen LogP contribution in [0.15, 0.2) is 24.4 Å². The second-order valence-corrected chi connectivity index (χ2v) is 7.95. The third-order valence-corrected chi connectivity index (χ3v) is 4.46. The van der Waals surface area contributed by atoms with Gasteiger partial charge in [0.15, 0.2) is 0 Å². The lowest BCUT2D eigenvalue weighted by Gasteiger charge is -2.28. The van der Waals surface area contributed by atoms with Crippen LogP contribution in [0.25, 0.3) is 5.52 Å². The third kappa shape index (κ3) is 5.08. The van der Waals surface area contributed by atoms with Crippen LogP contribution >= 0.6 is 0 Å². The molecule has 1 saturated carbocycles. The summed E-state index contributed by atoms with van der Waals surface area (Å²) in [4.78, 5) is 12.0. The molecule has 148 valence electrons. The summed E-state index contributed by atoms with van der Waals surface area (Å²) in [5.41, 5.74) is 0.0809. The molecule has 3 rings (SSSR count). The summed E-state index contributed by atoms with van der Waals surface area (Å²) in [6.45, 7) is 5.74. The molecule has 27 heavy (non-hydrogen) atoms. The molecule has 0 aromatic carbocycles. The van der Waals surface area contributed by atoms with E-state index in [1.807, 2.05) is 0 Å². The van der Waals surface area contributed by atoms with Gasteiger partial charge in [-0.05, 0) is 57.7 Å². The number of rotatable bonds is 4. The zero-order chi connectivity index (χ0) is 19.7. The summed E-state index contributed by atoms with van der Waals surface area (Å²) in [5, 5.41) is 6.88. The summed E-state index contributed by atoms with van der Waals surface area (Å²) >= 11 is 0. The van der Waals surface area contributed by atoms with Crippen LogP contribution in [0, 0.1) is 5.92 Å². The molecule has 1 aliphatic carbocycles. The average molecular weight is 381 g/mol. The number of anilines is 1. The van der Waals surface area contributed by atoms with Crippen LogP contribution in [0.3, 0.4) is 0 Å². The Morgan fingerprint density at radius 1 is 1.30 bits per heavy atom. The van der Waals surface area contributed by atoms with Crippen LogP contribution in [0.5, 0.6) is 5.75 Å². The lowest BCUT2D eigenvalue weighted by atomic mass is 9.87. The van der Waals surface area contributed by atoms with Crippen molar-refractivity contribution in [3.63, 3.8) is 0 Å². The van der Waals surface area contributed by atoms with Gasteiger partial charge in [-0.1, -0.05) is 0 Å². The van der Waals surface area contributed by atoms with Crippen LogP contribution < -0.4 is 10.1 Å². The largest absolute Gasteiger partial charge is 0.491 e. The highest BCUT2D eigenvalue weighted by Gasteiger charge is 2.35. The van der Waals surface area contributed by atoms with Gasteiger partial charge in [0.05, 0.1) is 12.8 Å².